The molecule has 1 N–H and O–H groups in total. The van der Waals surface area contributed by atoms with Gasteiger partial charge in [-0.1, -0.05) is 29.8 Å². The van der Waals surface area contributed by atoms with Crippen LogP contribution in [0.25, 0.3) is 0 Å². The molecular formula is C23H32N4O4. The molecule has 31 heavy (non-hydrogen) atoms. The van der Waals surface area contributed by atoms with Crippen LogP contribution in [0, 0.1) is 12.8 Å². The highest BCUT2D eigenvalue weighted by atomic mass is 16.2. The molecule has 8 nitrogen and oxygen atoms in total. The van der Waals surface area contributed by atoms with Crippen LogP contribution in [0.4, 0.5) is 4.79 Å². The highest BCUT2D eigenvalue weighted by Gasteiger charge is 2.49. The van der Waals surface area contributed by atoms with Crippen LogP contribution in [0.5, 0.6) is 0 Å². The van der Waals surface area contributed by atoms with E-state index in [9.17, 15) is 19.2 Å². The molecule has 8 heteroatoms. The van der Waals surface area contributed by atoms with Gasteiger partial charge in [0, 0.05) is 32.1 Å². The Morgan fingerprint density at radius 2 is 1.68 bits per heavy atom. The van der Waals surface area contributed by atoms with Gasteiger partial charge in [0.15, 0.2) is 0 Å². The predicted octanol–water partition coefficient (Wildman–Crippen LogP) is 1.87. The van der Waals surface area contributed by atoms with E-state index in [0.717, 1.165) is 10.5 Å². The quantitative estimate of drug-likeness (QED) is 0.701. The molecule has 2 saturated heterocycles. The summed E-state index contributed by atoms with van der Waals surface area (Å²) >= 11 is 0. The summed E-state index contributed by atoms with van der Waals surface area (Å²) in [5.74, 6) is -0.641. The number of rotatable bonds is 6. The Labute approximate surface area is 183 Å². The van der Waals surface area contributed by atoms with Crippen molar-refractivity contribution in [1.29, 1.82) is 0 Å². The standard InChI is InChI=1S/C23H32N4O4/c1-5-25(6-2)20(29)17-11-13-26(14-12-17)19(28)15-27-21(30)23(4,24-22(27)31)18-9-7-16(3)8-10-18/h7-10,17H,5-6,11-15H2,1-4H3,(H,24,31). The van der Waals surface area contributed by atoms with Gasteiger partial charge in [-0.15, -0.1) is 0 Å². The summed E-state index contributed by atoms with van der Waals surface area (Å²) in [6.07, 6.45) is 1.20. The number of likely N-dealkylation sites (tertiary alicyclic amines) is 1. The number of carbonyl (C=O) groups excluding carboxylic acids is 4. The van der Waals surface area contributed by atoms with Gasteiger partial charge in [0.2, 0.25) is 11.8 Å². The van der Waals surface area contributed by atoms with Gasteiger partial charge in [-0.2, -0.15) is 0 Å². The number of benzene rings is 1. The Kier molecular flexibility index (Phi) is 6.67. The molecule has 168 valence electrons. The van der Waals surface area contributed by atoms with E-state index < -0.39 is 17.5 Å². The first-order chi connectivity index (χ1) is 14.7. The third-order valence-corrected chi connectivity index (χ3v) is 6.47. The lowest BCUT2D eigenvalue weighted by Gasteiger charge is -2.34. The first-order valence-corrected chi connectivity index (χ1v) is 11.0. The Hall–Kier alpha value is -2.90. The first kappa shape index (κ1) is 22.8. The number of imide groups is 1. The fraction of sp³-hybridized carbons (Fsp3) is 0.565. The van der Waals surface area contributed by atoms with Crippen molar-refractivity contribution < 1.29 is 19.2 Å². The zero-order chi connectivity index (χ0) is 22.8. The van der Waals surface area contributed by atoms with Crippen molar-refractivity contribution >= 4 is 23.8 Å². The fourth-order valence-corrected chi connectivity index (χ4v) is 4.33. The molecule has 0 aromatic heterocycles. The van der Waals surface area contributed by atoms with Gasteiger partial charge in [0.05, 0.1) is 0 Å². The molecule has 1 aromatic rings. The maximum atomic E-state index is 13.0. The normalized spacial score (nSPS) is 21.9. The number of urea groups is 1. The van der Waals surface area contributed by atoms with Gasteiger partial charge in [-0.3, -0.25) is 19.3 Å². The highest BCUT2D eigenvalue weighted by molar-refractivity contribution is 6.09. The summed E-state index contributed by atoms with van der Waals surface area (Å²) in [5.41, 5.74) is 0.551. The van der Waals surface area contributed by atoms with Crippen LogP contribution < -0.4 is 5.32 Å². The number of piperidine rings is 1. The van der Waals surface area contributed by atoms with Crippen molar-refractivity contribution in [3.8, 4) is 0 Å². The second-order valence-corrected chi connectivity index (χ2v) is 8.48. The van der Waals surface area contributed by atoms with Gasteiger partial charge >= 0.3 is 6.03 Å². The molecule has 1 unspecified atom stereocenters. The number of carbonyl (C=O) groups is 4. The number of hydrogen-bond acceptors (Lipinski definition) is 4. The maximum absolute atomic E-state index is 13.0. The van der Waals surface area contributed by atoms with Gasteiger partial charge in [0.25, 0.3) is 5.91 Å². The summed E-state index contributed by atoms with van der Waals surface area (Å²) < 4.78 is 0. The Morgan fingerprint density at radius 1 is 1.10 bits per heavy atom. The van der Waals surface area contributed by atoms with E-state index in [1.54, 1.807) is 11.8 Å². The number of hydrogen-bond donors (Lipinski definition) is 1. The van der Waals surface area contributed by atoms with Gasteiger partial charge in [-0.25, -0.2) is 4.79 Å². The minimum Gasteiger partial charge on any atom is -0.343 e. The van der Waals surface area contributed by atoms with Crippen molar-refractivity contribution in [1.82, 2.24) is 20.0 Å². The van der Waals surface area contributed by atoms with Crippen molar-refractivity contribution in [2.24, 2.45) is 5.92 Å². The smallest absolute Gasteiger partial charge is 0.325 e. The third kappa shape index (κ3) is 4.43. The Morgan fingerprint density at radius 3 is 2.23 bits per heavy atom. The van der Waals surface area contributed by atoms with E-state index in [1.165, 1.54) is 0 Å². The largest absolute Gasteiger partial charge is 0.343 e. The zero-order valence-electron chi connectivity index (χ0n) is 18.8. The van der Waals surface area contributed by atoms with E-state index in [-0.39, 0.29) is 24.3 Å². The van der Waals surface area contributed by atoms with Gasteiger partial charge in [0.1, 0.15) is 12.1 Å². The zero-order valence-corrected chi connectivity index (χ0v) is 18.8. The highest BCUT2D eigenvalue weighted by Crippen LogP contribution is 2.29. The van der Waals surface area contributed by atoms with Gasteiger partial charge in [-0.05, 0) is 46.1 Å². The van der Waals surface area contributed by atoms with E-state index in [1.807, 2.05) is 49.9 Å². The molecule has 0 spiro atoms. The van der Waals surface area contributed by atoms with Crippen LogP contribution in [0.2, 0.25) is 0 Å². The van der Waals surface area contributed by atoms with Crippen molar-refractivity contribution in [3.63, 3.8) is 0 Å². The third-order valence-electron chi connectivity index (χ3n) is 6.47. The maximum Gasteiger partial charge on any atom is 0.325 e. The number of aryl methyl sites for hydroxylation is 1. The molecule has 2 aliphatic heterocycles. The van der Waals surface area contributed by atoms with E-state index in [2.05, 4.69) is 5.32 Å². The summed E-state index contributed by atoms with van der Waals surface area (Å²) in [6, 6.07) is 6.84. The van der Waals surface area contributed by atoms with E-state index in [4.69, 9.17) is 0 Å². The Balaban J connectivity index is 1.61. The SMILES string of the molecule is CCN(CC)C(=O)C1CCN(C(=O)CN2C(=O)NC(C)(c3ccc(C)cc3)C2=O)CC1. The molecule has 0 radical (unpaired) electrons. The average molecular weight is 429 g/mol. The van der Waals surface area contributed by atoms with Crippen molar-refractivity contribution in [3.05, 3.63) is 35.4 Å². The van der Waals surface area contributed by atoms with Crippen LogP contribution in [0.3, 0.4) is 0 Å². The summed E-state index contributed by atoms with van der Waals surface area (Å²) in [4.78, 5) is 55.4. The summed E-state index contributed by atoms with van der Waals surface area (Å²) in [7, 11) is 0. The Bertz CT molecular complexity index is 857. The molecule has 0 bridgehead atoms. The molecule has 1 aromatic carbocycles. The first-order valence-electron chi connectivity index (χ1n) is 11.0. The van der Waals surface area contributed by atoms with Crippen LogP contribution >= 0.6 is 0 Å². The topological polar surface area (TPSA) is 90.0 Å². The molecule has 3 rings (SSSR count). The van der Waals surface area contributed by atoms with Crippen LogP contribution in [-0.2, 0) is 19.9 Å². The van der Waals surface area contributed by atoms with Crippen LogP contribution in [0.1, 0.15) is 44.7 Å². The molecule has 5 amide bonds. The lowest BCUT2D eigenvalue weighted by atomic mass is 9.91. The minimum atomic E-state index is -1.19. The number of nitrogens with zero attached hydrogens (tertiary/aromatic N) is 3. The monoisotopic (exact) mass is 428 g/mol. The average Bonchev–Trinajstić information content (AvgIpc) is 2.98. The lowest BCUT2D eigenvalue weighted by molar-refractivity contribution is -0.142. The summed E-state index contributed by atoms with van der Waals surface area (Å²) in [6.45, 7) is 9.51. The van der Waals surface area contributed by atoms with Crippen molar-refractivity contribution in [2.75, 3.05) is 32.7 Å². The molecule has 2 aliphatic rings. The number of amides is 5. The second kappa shape index (κ2) is 9.08. The van der Waals surface area contributed by atoms with Crippen molar-refractivity contribution in [2.45, 2.75) is 46.1 Å². The van der Waals surface area contributed by atoms with Crippen LogP contribution in [-0.4, -0.2) is 71.2 Å². The predicted molar refractivity (Wildman–Crippen MR) is 116 cm³/mol. The molecule has 2 heterocycles. The van der Waals surface area contributed by atoms with Crippen LogP contribution in [0.15, 0.2) is 24.3 Å². The molecule has 2 fully saturated rings. The lowest BCUT2D eigenvalue weighted by Crippen LogP contribution is -2.48. The minimum absolute atomic E-state index is 0.0782. The molecular weight excluding hydrogens is 396 g/mol. The second-order valence-electron chi connectivity index (χ2n) is 8.48. The fourth-order valence-electron chi connectivity index (χ4n) is 4.33. The number of nitrogens with one attached hydrogen (secondary N) is 1. The molecule has 0 saturated carbocycles. The van der Waals surface area contributed by atoms with Gasteiger partial charge < -0.3 is 15.1 Å². The molecule has 0 aliphatic carbocycles. The molecule has 1 atom stereocenters. The summed E-state index contributed by atoms with van der Waals surface area (Å²) in [5, 5.41) is 2.74. The van der Waals surface area contributed by atoms with E-state index in [0.29, 0.717) is 44.6 Å². The van der Waals surface area contributed by atoms with E-state index >= 15 is 0 Å².